The van der Waals surface area contributed by atoms with Crippen molar-refractivity contribution >= 4 is 39.1 Å². The Kier molecular flexibility index (Phi) is 4.50. The van der Waals surface area contributed by atoms with E-state index < -0.39 is 11.4 Å². The van der Waals surface area contributed by atoms with E-state index in [1.807, 2.05) is 29.6 Å². The Labute approximate surface area is 145 Å². The van der Waals surface area contributed by atoms with Crippen LogP contribution in [0.25, 0.3) is 10.6 Å². The fourth-order valence-electron chi connectivity index (χ4n) is 2.25. The molecule has 1 aliphatic rings. The van der Waals surface area contributed by atoms with Crippen LogP contribution < -0.4 is 5.32 Å². The summed E-state index contributed by atoms with van der Waals surface area (Å²) in [5.74, 6) is -1.02. The van der Waals surface area contributed by atoms with Gasteiger partial charge >= 0.3 is 5.97 Å². The lowest BCUT2D eigenvalue weighted by Gasteiger charge is -2.10. The molecule has 1 fully saturated rings. The minimum absolute atomic E-state index is 0.167. The molecule has 2 N–H and O–H groups in total. The maximum Gasteiger partial charge on any atom is 0.311 e. The van der Waals surface area contributed by atoms with Gasteiger partial charge in [-0.1, -0.05) is 28.1 Å². The number of rotatable bonds is 6. The van der Waals surface area contributed by atoms with Crippen molar-refractivity contribution in [3.05, 3.63) is 39.8 Å². The van der Waals surface area contributed by atoms with Crippen molar-refractivity contribution < 1.29 is 14.7 Å². The number of hydrogen-bond acceptors (Lipinski definition) is 4. The van der Waals surface area contributed by atoms with E-state index in [-0.39, 0.29) is 18.9 Å². The van der Waals surface area contributed by atoms with Crippen LogP contribution >= 0.6 is 27.3 Å². The minimum Gasteiger partial charge on any atom is -0.481 e. The van der Waals surface area contributed by atoms with E-state index >= 15 is 0 Å². The van der Waals surface area contributed by atoms with Crippen molar-refractivity contribution in [3.8, 4) is 10.6 Å². The van der Waals surface area contributed by atoms with Crippen molar-refractivity contribution in [2.75, 3.05) is 6.54 Å². The number of carboxylic acids is 1. The molecular formula is C16H15BrN2O3S. The number of thiazole rings is 1. The van der Waals surface area contributed by atoms with Crippen LogP contribution in [0.1, 0.15) is 18.5 Å². The zero-order valence-electron chi connectivity index (χ0n) is 12.2. The summed E-state index contributed by atoms with van der Waals surface area (Å²) in [6.45, 7) is 0.198. The lowest BCUT2D eigenvalue weighted by Crippen LogP contribution is -2.35. The molecule has 2 aromatic rings. The van der Waals surface area contributed by atoms with Crippen LogP contribution in [0.2, 0.25) is 0 Å². The van der Waals surface area contributed by atoms with Gasteiger partial charge in [0.05, 0.1) is 17.5 Å². The highest BCUT2D eigenvalue weighted by molar-refractivity contribution is 9.10. The highest BCUT2D eigenvalue weighted by Gasteiger charge is 2.50. The quantitative estimate of drug-likeness (QED) is 0.788. The van der Waals surface area contributed by atoms with Gasteiger partial charge < -0.3 is 10.4 Å². The second-order valence-electron chi connectivity index (χ2n) is 5.69. The van der Waals surface area contributed by atoms with Gasteiger partial charge in [-0.05, 0) is 25.0 Å². The highest BCUT2D eigenvalue weighted by atomic mass is 79.9. The van der Waals surface area contributed by atoms with Crippen molar-refractivity contribution in [3.63, 3.8) is 0 Å². The highest BCUT2D eigenvalue weighted by Crippen LogP contribution is 2.45. The Balaban J connectivity index is 1.58. The first kappa shape index (κ1) is 16.1. The summed E-state index contributed by atoms with van der Waals surface area (Å²) >= 11 is 4.92. The maximum atomic E-state index is 12.0. The number of carbonyl (C=O) groups excluding carboxylic acids is 1. The number of carboxylic acid groups (broad SMARTS) is 1. The summed E-state index contributed by atoms with van der Waals surface area (Å²) in [5.41, 5.74) is 0.959. The third kappa shape index (κ3) is 3.79. The number of nitrogens with zero attached hydrogens (tertiary/aromatic N) is 1. The summed E-state index contributed by atoms with van der Waals surface area (Å²) < 4.78 is 0.980. The standard InChI is InChI=1S/C16H15BrN2O3S/c17-11-3-1-2-10(6-11)14-19-12(8-23-14)7-13(20)18-9-16(4-5-16)15(21)22/h1-3,6,8H,4-5,7,9H2,(H,18,20)(H,21,22). The average molecular weight is 395 g/mol. The molecule has 1 aliphatic carbocycles. The van der Waals surface area contributed by atoms with Gasteiger partial charge in [0.2, 0.25) is 5.91 Å². The number of aromatic nitrogens is 1. The van der Waals surface area contributed by atoms with Gasteiger partial charge in [0.1, 0.15) is 5.01 Å². The van der Waals surface area contributed by atoms with Crippen LogP contribution in [0.4, 0.5) is 0 Å². The van der Waals surface area contributed by atoms with Crippen molar-refractivity contribution in [2.45, 2.75) is 19.3 Å². The first-order valence-corrected chi connectivity index (χ1v) is 8.86. The van der Waals surface area contributed by atoms with Crippen molar-refractivity contribution in [1.29, 1.82) is 0 Å². The van der Waals surface area contributed by atoms with Crippen LogP contribution in [0.3, 0.4) is 0 Å². The SMILES string of the molecule is O=C(Cc1csc(-c2cccc(Br)c2)n1)NCC1(C(=O)O)CC1. The normalized spacial score (nSPS) is 15.2. The molecule has 1 aromatic carbocycles. The first-order valence-electron chi connectivity index (χ1n) is 7.19. The topological polar surface area (TPSA) is 79.3 Å². The second kappa shape index (κ2) is 6.41. The molecule has 1 heterocycles. The van der Waals surface area contributed by atoms with E-state index in [0.29, 0.717) is 18.5 Å². The predicted octanol–water partition coefficient (Wildman–Crippen LogP) is 3.10. The van der Waals surface area contributed by atoms with Gasteiger partial charge in [-0.25, -0.2) is 4.98 Å². The van der Waals surface area contributed by atoms with Gasteiger partial charge in [0.15, 0.2) is 0 Å². The molecule has 5 nitrogen and oxygen atoms in total. The lowest BCUT2D eigenvalue weighted by atomic mass is 10.1. The van der Waals surface area contributed by atoms with E-state index in [4.69, 9.17) is 5.11 Å². The molecule has 0 atom stereocenters. The molecule has 7 heteroatoms. The third-order valence-corrected chi connectivity index (χ3v) is 5.33. The Bertz CT molecular complexity index is 755. The number of benzene rings is 1. The second-order valence-corrected chi connectivity index (χ2v) is 7.47. The number of nitrogens with one attached hydrogen (secondary N) is 1. The molecule has 0 aliphatic heterocycles. The summed E-state index contributed by atoms with van der Waals surface area (Å²) in [6, 6.07) is 7.83. The summed E-state index contributed by atoms with van der Waals surface area (Å²) in [6.07, 6.45) is 1.43. The van der Waals surface area contributed by atoms with Crippen molar-refractivity contribution in [2.24, 2.45) is 5.41 Å². The summed E-state index contributed by atoms with van der Waals surface area (Å²) in [7, 11) is 0. The van der Waals surface area contributed by atoms with E-state index in [2.05, 4.69) is 26.2 Å². The lowest BCUT2D eigenvalue weighted by molar-refractivity contribution is -0.143. The molecule has 1 amide bonds. The number of carbonyl (C=O) groups is 2. The molecule has 23 heavy (non-hydrogen) atoms. The fourth-order valence-corrected chi connectivity index (χ4v) is 3.47. The Morgan fingerprint density at radius 1 is 1.39 bits per heavy atom. The number of aliphatic carboxylic acids is 1. The molecule has 3 rings (SSSR count). The smallest absolute Gasteiger partial charge is 0.311 e. The molecule has 1 aromatic heterocycles. The van der Waals surface area contributed by atoms with Crippen LogP contribution in [0.15, 0.2) is 34.1 Å². The fraction of sp³-hybridized carbons (Fsp3) is 0.312. The molecule has 0 radical (unpaired) electrons. The van der Waals surface area contributed by atoms with Crippen LogP contribution in [0.5, 0.6) is 0 Å². The zero-order chi connectivity index (χ0) is 16.4. The monoisotopic (exact) mass is 394 g/mol. The molecule has 0 unspecified atom stereocenters. The van der Waals surface area contributed by atoms with Gasteiger partial charge in [0, 0.05) is 22.0 Å². The van der Waals surface area contributed by atoms with E-state index in [0.717, 1.165) is 15.0 Å². The zero-order valence-corrected chi connectivity index (χ0v) is 14.6. The number of halogens is 1. The molecule has 0 spiro atoms. The van der Waals surface area contributed by atoms with Crippen molar-refractivity contribution in [1.82, 2.24) is 10.3 Å². The van der Waals surface area contributed by atoms with Gasteiger partial charge in [-0.15, -0.1) is 11.3 Å². The number of amides is 1. The van der Waals surface area contributed by atoms with Gasteiger partial charge in [0.25, 0.3) is 0 Å². The molecule has 120 valence electrons. The van der Waals surface area contributed by atoms with Gasteiger partial charge in [-0.3, -0.25) is 9.59 Å². The van der Waals surface area contributed by atoms with Crippen LogP contribution in [-0.4, -0.2) is 28.5 Å². The molecule has 0 bridgehead atoms. The van der Waals surface area contributed by atoms with E-state index in [1.54, 1.807) is 0 Å². The van der Waals surface area contributed by atoms with E-state index in [1.165, 1.54) is 11.3 Å². The van der Waals surface area contributed by atoms with Gasteiger partial charge in [-0.2, -0.15) is 0 Å². The molecular weight excluding hydrogens is 380 g/mol. The Morgan fingerprint density at radius 2 is 2.17 bits per heavy atom. The minimum atomic E-state index is -0.830. The predicted molar refractivity (Wildman–Crippen MR) is 91.3 cm³/mol. The number of hydrogen-bond donors (Lipinski definition) is 2. The van der Waals surface area contributed by atoms with Crippen LogP contribution in [0, 0.1) is 5.41 Å². The maximum absolute atomic E-state index is 12.0. The summed E-state index contributed by atoms with van der Waals surface area (Å²) in [4.78, 5) is 27.5. The molecule has 1 saturated carbocycles. The Hall–Kier alpha value is -1.73. The first-order chi connectivity index (χ1) is 11.0. The van der Waals surface area contributed by atoms with Crippen LogP contribution in [-0.2, 0) is 16.0 Å². The molecule has 0 saturated heterocycles. The Morgan fingerprint density at radius 3 is 2.83 bits per heavy atom. The van der Waals surface area contributed by atoms with E-state index in [9.17, 15) is 9.59 Å². The summed E-state index contributed by atoms with van der Waals surface area (Å²) in [5, 5.41) is 14.5. The third-order valence-electron chi connectivity index (χ3n) is 3.90. The largest absolute Gasteiger partial charge is 0.481 e. The average Bonchev–Trinajstić information content (AvgIpc) is 3.18.